The van der Waals surface area contributed by atoms with E-state index in [2.05, 4.69) is 29.3 Å². The number of likely N-dealkylation sites (tertiary alicyclic amines) is 1. The quantitative estimate of drug-likeness (QED) is 0.881. The first kappa shape index (κ1) is 18.4. The fraction of sp³-hybridized carbons (Fsp3) is 0.550. The van der Waals surface area contributed by atoms with Crippen molar-refractivity contribution < 1.29 is 9.32 Å². The van der Waals surface area contributed by atoms with Crippen molar-refractivity contribution in [2.24, 2.45) is 5.92 Å². The van der Waals surface area contributed by atoms with Gasteiger partial charge in [-0.3, -0.25) is 0 Å². The number of rotatable bonds is 5. The number of aryl methyl sites for hydroxylation is 1. The van der Waals surface area contributed by atoms with Crippen LogP contribution in [0.2, 0.25) is 0 Å². The molecule has 6 nitrogen and oxygen atoms in total. The Morgan fingerprint density at radius 2 is 2.12 bits per heavy atom. The summed E-state index contributed by atoms with van der Waals surface area (Å²) in [5, 5.41) is 7.24. The van der Waals surface area contributed by atoms with Gasteiger partial charge in [0.2, 0.25) is 5.89 Å². The maximum atomic E-state index is 12.9. The Labute approximate surface area is 155 Å². The lowest BCUT2D eigenvalue weighted by Gasteiger charge is -2.24. The summed E-state index contributed by atoms with van der Waals surface area (Å²) < 4.78 is 5.34. The molecule has 0 unspecified atom stereocenters. The first-order valence-electron chi connectivity index (χ1n) is 9.60. The summed E-state index contributed by atoms with van der Waals surface area (Å²) in [5.74, 6) is 1.80. The number of nitrogens with zero attached hydrogens (tertiary/aromatic N) is 3. The summed E-state index contributed by atoms with van der Waals surface area (Å²) in [7, 11) is 0. The third-order valence-corrected chi connectivity index (χ3v) is 4.91. The Kier molecular flexibility index (Phi) is 6.26. The van der Waals surface area contributed by atoms with Crippen molar-refractivity contribution >= 4 is 6.03 Å². The highest BCUT2D eigenvalue weighted by molar-refractivity contribution is 5.75. The van der Waals surface area contributed by atoms with Crippen LogP contribution in [0.4, 0.5) is 4.79 Å². The third-order valence-electron chi connectivity index (χ3n) is 4.91. The molecular weight excluding hydrogens is 328 g/mol. The first-order chi connectivity index (χ1) is 12.7. The zero-order valence-electron chi connectivity index (χ0n) is 15.6. The van der Waals surface area contributed by atoms with Crippen molar-refractivity contribution in [2.45, 2.75) is 52.0 Å². The van der Waals surface area contributed by atoms with Gasteiger partial charge in [0.05, 0.1) is 0 Å². The maximum absolute atomic E-state index is 12.9. The lowest BCUT2D eigenvalue weighted by molar-refractivity contribution is 0.196. The Morgan fingerprint density at radius 1 is 1.31 bits per heavy atom. The molecule has 6 heteroatoms. The van der Waals surface area contributed by atoms with E-state index in [-0.39, 0.29) is 6.03 Å². The van der Waals surface area contributed by atoms with Crippen molar-refractivity contribution in [3.05, 3.63) is 47.6 Å². The number of nitrogens with one attached hydrogen (secondary N) is 1. The Balaban J connectivity index is 1.78. The molecule has 2 atom stereocenters. The number of carbonyl (C=O) groups excluding carboxylic acids is 1. The zero-order chi connectivity index (χ0) is 18.4. The van der Waals surface area contributed by atoms with Crippen LogP contribution in [0, 0.1) is 5.92 Å². The molecule has 1 saturated heterocycles. The standard InChI is InChI=1S/C20H28N4O2/c1-3-8-17-21-19(23-26-17)18(16-10-5-4-6-11-16)22-20(25)24-13-7-9-15(2)12-14-24/h4-6,10-11,15,18H,3,7-9,12-14H2,1-2H3,(H,22,25)/t15-,18-/m0/s1. The van der Waals surface area contributed by atoms with Crippen LogP contribution in [0.25, 0.3) is 0 Å². The molecule has 2 heterocycles. The second-order valence-electron chi connectivity index (χ2n) is 7.11. The summed E-state index contributed by atoms with van der Waals surface area (Å²) in [4.78, 5) is 19.3. The molecule has 1 aromatic carbocycles. The molecule has 1 N–H and O–H groups in total. The van der Waals surface area contributed by atoms with Gasteiger partial charge in [-0.05, 0) is 37.2 Å². The normalized spacial score (nSPS) is 19.0. The second kappa shape index (κ2) is 8.83. The van der Waals surface area contributed by atoms with E-state index >= 15 is 0 Å². The number of benzene rings is 1. The van der Waals surface area contributed by atoms with Crippen LogP contribution in [0.3, 0.4) is 0 Å². The molecule has 0 radical (unpaired) electrons. The summed E-state index contributed by atoms with van der Waals surface area (Å²) in [6.07, 6.45) is 4.96. The van der Waals surface area contributed by atoms with Crippen LogP contribution in [0.15, 0.2) is 34.9 Å². The molecule has 3 rings (SSSR count). The van der Waals surface area contributed by atoms with Crippen LogP contribution >= 0.6 is 0 Å². The monoisotopic (exact) mass is 356 g/mol. The van der Waals surface area contributed by atoms with Crippen molar-refractivity contribution in [1.82, 2.24) is 20.4 Å². The van der Waals surface area contributed by atoms with E-state index in [1.54, 1.807) is 0 Å². The zero-order valence-corrected chi connectivity index (χ0v) is 15.6. The van der Waals surface area contributed by atoms with Gasteiger partial charge in [0.15, 0.2) is 5.82 Å². The molecule has 2 amide bonds. The van der Waals surface area contributed by atoms with Crippen molar-refractivity contribution in [3.63, 3.8) is 0 Å². The summed E-state index contributed by atoms with van der Waals surface area (Å²) in [5.41, 5.74) is 0.952. The molecule has 0 spiro atoms. The predicted octanol–water partition coefficient (Wildman–Crippen LogP) is 3.94. The minimum absolute atomic E-state index is 0.0604. The lowest BCUT2D eigenvalue weighted by atomic mass is 10.0. The Bertz CT molecular complexity index is 701. The highest BCUT2D eigenvalue weighted by Gasteiger charge is 2.26. The average Bonchev–Trinajstić information content (AvgIpc) is 3.00. The smallest absolute Gasteiger partial charge is 0.318 e. The van der Waals surface area contributed by atoms with Crippen LogP contribution < -0.4 is 5.32 Å². The number of carbonyl (C=O) groups is 1. The van der Waals surface area contributed by atoms with Crippen LogP contribution in [-0.2, 0) is 6.42 Å². The van der Waals surface area contributed by atoms with E-state index < -0.39 is 6.04 Å². The topological polar surface area (TPSA) is 71.3 Å². The molecule has 1 fully saturated rings. The van der Waals surface area contributed by atoms with Gasteiger partial charge in [0.25, 0.3) is 0 Å². The molecule has 0 saturated carbocycles. The van der Waals surface area contributed by atoms with Crippen molar-refractivity contribution in [2.75, 3.05) is 13.1 Å². The van der Waals surface area contributed by atoms with E-state index in [0.29, 0.717) is 17.6 Å². The first-order valence-corrected chi connectivity index (χ1v) is 9.60. The number of hydrogen-bond acceptors (Lipinski definition) is 4. The van der Waals surface area contributed by atoms with Crippen LogP contribution in [-0.4, -0.2) is 34.2 Å². The van der Waals surface area contributed by atoms with Gasteiger partial charge in [0, 0.05) is 19.5 Å². The summed E-state index contributed by atoms with van der Waals surface area (Å²) in [6, 6.07) is 9.35. The molecular formula is C20H28N4O2. The maximum Gasteiger partial charge on any atom is 0.318 e. The third kappa shape index (κ3) is 4.62. The van der Waals surface area contributed by atoms with Gasteiger partial charge >= 0.3 is 6.03 Å². The van der Waals surface area contributed by atoms with Gasteiger partial charge in [-0.15, -0.1) is 0 Å². The van der Waals surface area contributed by atoms with Gasteiger partial charge in [-0.25, -0.2) is 4.79 Å². The van der Waals surface area contributed by atoms with E-state index in [9.17, 15) is 4.79 Å². The van der Waals surface area contributed by atoms with Crippen LogP contribution in [0.1, 0.15) is 62.9 Å². The molecule has 26 heavy (non-hydrogen) atoms. The van der Waals surface area contributed by atoms with Crippen molar-refractivity contribution in [1.29, 1.82) is 0 Å². The Hall–Kier alpha value is -2.37. The number of hydrogen-bond donors (Lipinski definition) is 1. The largest absolute Gasteiger partial charge is 0.339 e. The number of amides is 2. The molecule has 1 aliphatic heterocycles. The molecule has 2 aromatic rings. The van der Waals surface area contributed by atoms with E-state index in [1.807, 2.05) is 35.2 Å². The molecule has 1 aromatic heterocycles. The van der Waals surface area contributed by atoms with Gasteiger partial charge < -0.3 is 14.7 Å². The summed E-state index contributed by atoms with van der Waals surface area (Å²) in [6.45, 7) is 5.91. The second-order valence-corrected chi connectivity index (χ2v) is 7.11. The van der Waals surface area contributed by atoms with Crippen LogP contribution in [0.5, 0.6) is 0 Å². The van der Waals surface area contributed by atoms with Gasteiger partial charge in [-0.1, -0.05) is 49.3 Å². The molecule has 0 aliphatic carbocycles. The Morgan fingerprint density at radius 3 is 2.88 bits per heavy atom. The minimum atomic E-state index is -0.404. The highest BCUT2D eigenvalue weighted by Crippen LogP contribution is 2.22. The van der Waals surface area contributed by atoms with E-state index in [0.717, 1.165) is 44.3 Å². The van der Waals surface area contributed by atoms with Gasteiger partial charge in [-0.2, -0.15) is 4.98 Å². The van der Waals surface area contributed by atoms with Crippen molar-refractivity contribution in [3.8, 4) is 0 Å². The molecule has 1 aliphatic rings. The molecule has 0 bridgehead atoms. The predicted molar refractivity (Wildman–Crippen MR) is 99.7 cm³/mol. The fourth-order valence-corrected chi connectivity index (χ4v) is 3.32. The number of aromatic nitrogens is 2. The summed E-state index contributed by atoms with van der Waals surface area (Å²) >= 11 is 0. The minimum Gasteiger partial charge on any atom is -0.339 e. The lowest BCUT2D eigenvalue weighted by Crippen LogP contribution is -2.42. The fourth-order valence-electron chi connectivity index (χ4n) is 3.32. The van der Waals surface area contributed by atoms with E-state index in [1.165, 1.54) is 6.42 Å². The van der Waals surface area contributed by atoms with Gasteiger partial charge in [0.1, 0.15) is 6.04 Å². The number of urea groups is 1. The van der Waals surface area contributed by atoms with E-state index in [4.69, 9.17) is 4.52 Å². The average molecular weight is 356 g/mol. The highest BCUT2D eigenvalue weighted by atomic mass is 16.5. The SMILES string of the molecule is CCCc1nc([C@@H](NC(=O)N2CCC[C@H](C)CC2)c2ccccc2)no1. The molecule has 140 valence electrons.